The van der Waals surface area contributed by atoms with Gasteiger partial charge < -0.3 is 36.0 Å². The molecule has 0 bridgehead atoms. The summed E-state index contributed by atoms with van der Waals surface area (Å²) in [6.45, 7) is 9.34. The van der Waals surface area contributed by atoms with Crippen LogP contribution in [0, 0.1) is 17.8 Å². The molecule has 1 saturated heterocycles. The molecule has 39 heavy (non-hydrogen) atoms. The van der Waals surface area contributed by atoms with Crippen LogP contribution in [0.25, 0.3) is 0 Å². The number of cyclic esters (lactones) is 1. The molecular formula is C28H51N3O8. The zero-order valence-electron chi connectivity index (χ0n) is 24.4. The van der Waals surface area contributed by atoms with Crippen LogP contribution in [0.5, 0.6) is 0 Å². The Morgan fingerprint density at radius 1 is 0.821 bits per heavy atom. The van der Waals surface area contributed by atoms with Gasteiger partial charge in [0.2, 0.25) is 17.7 Å². The van der Waals surface area contributed by atoms with Crippen LogP contribution in [0.4, 0.5) is 0 Å². The SMILES string of the molecule is CCCCCCCCC[C@H]1OC(=O)[C@@H](CO)NC(=O)[C@@H]([C@@H](C)O)NC(=O)[C@@H](C(C)C)NC(=O)[C@@H](C)[C@@H](O)[C@@H]1C. The van der Waals surface area contributed by atoms with Crippen molar-refractivity contribution in [2.75, 3.05) is 6.61 Å². The largest absolute Gasteiger partial charge is 0.460 e. The van der Waals surface area contributed by atoms with Gasteiger partial charge in [-0.1, -0.05) is 73.1 Å². The van der Waals surface area contributed by atoms with Gasteiger partial charge in [0, 0.05) is 5.92 Å². The Bertz CT molecular complexity index is 791. The molecule has 8 atom stereocenters. The molecule has 1 aliphatic rings. The van der Waals surface area contributed by atoms with Gasteiger partial charge in [0.05, 0.1) is 24.7 Å². The van der Waals surface area contributed by atoms with Crippen molar-refractivity contribution in [3.8, 4) is 0 Å². The van der Waals surface area contributed by atoms with Crippen molar-refractivity contribution >= 4 is 23.7 Å². The maximum atomic E-state index is 13.1. The van der Waals surface area contributed by atoms with Crippen molar-refractivity contribution in [1.29, 1.82) is 0 Å². The molecule has 3 amide bonds. The summed E-state index contributed by atoms with van der Waals surface area (Å²) in [6.07, 6.45) is 4.42. The number of esters is 1. The quantitative estimate of drug-likeness (QED) is 0.162. The number of aliphatic hydroxyl groups is 3. The molecule has 6 N–H and O–H groups in total. The zero-order chi connectivity index (χ0) is 29.7. The number of rotatable bonds is 11. The van der Waals surface area contributed by atoms with Gasteiger partial charge in [0.15, 0.2) is 6.04 Å². The Balaban J connectivity index is 3.27. The Labute approximate surface area is 232 Å². The van der Waals surface area contributed by atoms with Crippen molar-refractivity contribution in [3.05, 3.63) is 0 Å². The molecule has 0 saturated carbocycles. The number of hydrogen-bond donors (Lipinski definition) is 6. The van der Waals surface area contributed by atoms with E-state index in [0.29, 0.717) is 6.42 Å². The van der Waals surface area contributed by atoms with Gasteiger partial charge in [-0.3, -0.25) is 14.4 Å². The first-order chi connectivity index (χ1) is 18.3. The summed E-state index contributed by atoms with van der Waals surface area (Å²) in [5.41, 5.74) is 0. The third kappa shape index (κ3) is 11.0. The predicted octanol–water partition coefficient (Wildman–Crippen LogP) is 1.17. The molecule has 226 valence electrons. The molecule has 11 heteroatoms. The first-order valence-electron chi connectivity index (χ1n) is 14.4. The van der Waals surface area contributed by atoms with Crippen LogP contribution in [-0.2, 0) is 23.9 Å². The minimum Gasteiger partial charge on any atom is -0.460 e. The third-order valence-electron chi connectivity index (χ3n) is 7.50. The van der Waals surface area contributed by atoms with E-state index in [1.54, 1.807) is 20.8 Å². The highest BCUT2D eigenvalue weighted by Crippen LogP contribution is 2.25. The molecule has 0 spiro atoms. The van der Waals surface area contributed by atoms with Crippen LogP contribution in [0.2, 0.25) is 0 Å². The summed E-state index contributed by atoms with van der Waals surface area (Å²) >= 11 is 0. The minimum absolute atomic E-state index is 0.371. The number of amides is 3. The number of carbonyl (C=O) groups is 4. The average Bonchev–Trinajstić information content (AvgIpc) is 2.89. The molecule has 1 fully saturated rings. The highest BCUT2D eigenvalue weighted by atomic mass is 16.5. The summed E-state index contributed by atoms with van der Waals surface area (Å²) in [7, 11) is 0. The smallest absolute Gasteiger partial charge is 0.331 e. The Hall–Kier alpha value is -2.24. The molecule has 0 aromatic heterocycles. The standard InChI is InChI=1S/C28H51N3O8/c1-7-8-9-10-11-12-13-14-21-17(4)24(34)18(5)25(35)30-22(16(2)3)26(36)31-23(19(6)33)27(37)29-20(15-32)28(38)39-21/h16-24,32-34H,7-15H2,1-6H3,(H,29,37)(H,30,35)(H,31,36)/t17-,18+,19-,20-,21-,22-,23-,24+/m1/s1. The predicted molar refractivity (Wildman–Crippen MR) is 146 cm³/mol. The van der Waals surface area contributed by atoms with E-state index in [-0.39, 0.29) is 5.92 Å². The van der Waals surface area contributed by atoms with E-state index in [4.69, 9.17) is 4.74 Å². The summed E-state index contributed by atoms with van der Waals surface area (Å²) in [4.78, 5) is 52.1. The lowest BCUT2D eigenvalue weighted by atomic mass is 9.86. The lowest BCUT2D eigenvalue weighted by Gasteiger charge is -2.32. The van der Waals surface area contributed by atoms with Gasteiger partial charge in [-0.25, -0.2) is 4.79 Å². The van der Waals surface area contributed by atoms with E-state index in [9.17, 15) is 34.5 Å². The summed E-state index contributed by atoms with van der Waals surface area (Å²) in [5.74, 6) is -5.01. The third-order valence-corrected chi connectivity index (χ3v) is 7.50. The maximum absolute atomic E-state index is 13.1. The van der Waals surface area contributed by atoms with Gasteiger partial charge in [0.1, 0.15) is 18.2 Å². The highest BCUT2D eigenvalue weighted by molar-refractivity contribution is 5.94. The van der Waals surface area contributed by atoms with Crippen molar-refractivity contribution in [1.82, 2.24) is 16.0 Å². The first kappa shape index (κ1) is 34.8. The monoisotopic (exact) mass is 557 g/mol. The minimum atomic E-state index is -1.45. The molecule has 11 nitrogen and oxygen atoms in total. The van der Waals surface area contributed by atoms with Crippen LogP contribution < -0.4 is 16.0 Å². The van der Waals surface area contributed by atoms with Crippen molar-refractivity contribution in [2.45, 2.75) is 129 Å². The fourth-order valence-corrected chi connectivity index (χ4v) is 4.70. The summed E-state index contributed by atoms with van der Waals surface area (Å²) < 4.78 is 5.71. The maximum Gasteiger partial charge on any atom is 0.331 e. The Morgan fingerprint density at radius 3 is 1.90 bits per heavy atom. The highest BCUT2D eigenvalue weighted by Gasteiger charge is 2.39. The molecular weight excluding hydrogens is 506 g/mol. The van der Waals surface area contributed by atoms with Crippen LogP contribution in [0.3, 0.4) is 0 Å². The van der Waals surface area contributed by atoms with Gasteiger partial charge >= 0.3 is 5.97 Å². The molecule has 1 rings (SSSR count). The lowest BCUT2D eigenvalue weighted by Crippen LogP contribution is -2.60. The van der Waals surface area contributed by atoms with E-state index in [0.717, 1.165) is 38.5 Å². The van der Waals surface area contributed by atoms with Crippen LogP contribution in [0.1, 0.15) is 92.9 Å². The number of unbranched alkanes of at least 4 members (excludes halogenated alkanes) is 6. The van der Waals surface area contributed by atoms with Crippen LogP contribution in [0.15, 0.2) is 0 Å². The molecule has 0 aromatic rings. The molecule has 0 aliphatic carbocycles. The van der Waals surface area contributed by atoms with Gasteiger partial charge in [-0.2, -0.15) is 0 Å². The number of nitrogens with one attached hydrogen (secondary N) is 3. The number of aliphatic hydroxyl groups excluding tert-OH is 3. The van der Waals surface area contributed by atoms with Crippen LogP contribution >= 0.6 is 0 Å². The van der Waals surface area contributed by atoms with E-state index in [2.05, 4.69) is 22.9 Å². The topological polar surface area (TPSA) is 174 Å². The molecule has 1 heterocycles. The Morgan fingerprint density at radius 2 is 1.36 bits per heavy atom. The van der Waals surface area contributed by atoms with Gasteiger partial charge in [-0.15, -0.1) is 0 Å². The fourth-order valence-electron chi connectivity index (χ4n) is 4.70. The average molecular weight is 558 g/mol. The summed E-state index contributed by atoms with van der Waals surface area (Å²) in [6, 6.07) is -3.94. The second-order valence-electron chi connectivity index (χ2n) is 11.2. The van der Waals surface area contributed by atoms with E-state index < -0.39 is 78.6 Å². The second-order valence-corrected chi connectivity index (χ2v) is 11.2. The Kier molecular flexibility index (Phi) is 15.6. The number of hydrogen-bond acceptors (Lipinski definition) is 8. The van der Waals surface area contributed by atoms with Crippen LogP contribution in [-0.4, -0.2) is 82.1 Å². The molecule has 0 radical (unpaired) electrons. The number of carbonyl (C=O) groups excluding carboxylic acids is 4. The fraction of sp³-hybridized carbons (Fsp3) is 0.857. The van der Waals surface area contributed by atoms with E-state index >= 15 is 0 Å². The number of ether oxygens (including phenoxy) is 1. The summed E-state index contributed by atoms with van der Waals surface area (Å²) in [5, 5.41) is 38.6. The zero-order valence-corrected chi connectivity index (χ0v) is 24.4. The normalized spacial score (nSPS) is 30.5. The van der Waals surface area contributed by atoms with Gasteiger partial charge in [0.25, 0.3) is 0 Å². The molecule has 1 aliphatic heterocycles. The second kappa shape index (κ2) is 17.5. The van der Waals surface area contributed by atoms with Gasteiger partial charge in [-0.05, 0) is 25.7 Å². The molecule has 0 aromatic carbocycles. The van der Waals surface area contributed by atoms with E-state index in [1.807, 2.05) is 0 Å². The lowest BCUT2D eigenvalue weighted by molar-refractivity contribution is -0.160. The first-order valence-corrected chi connectivity index (χ1v) is 14.4. The molecule has 0 unspecified atom stereocenters. The van der Waals surface area contributed by atoms with Crippen molar-refractivity contribution in [2.24, 2.45) is 17.8 Å². The van der Waals surface area contributed by atoms with Crippen molar-refractivity contribution in [3.63, 3.8) is 0 Å². The van der Waals surface area contributed by atoms with E-state index in [1.165, 1.54) is 20.3 Å². The van der Waals surface area contributed by atoms with Crippen molar-refractivity contribution < 1.29 is 39.2 Å².